The number of likely N-dealkylation sites (tertiary alicyclic amines) is 1. The fourth-order valence-corrected chi connectivity index (χ4v) is 4.34. The molecule has 0 saturated carbocycles. The molecule has 1 unspecified atom stereocenters. The van der Waals surface area contributed by atoms with E-state index in [9.17, 15) is 13.2 Å². The zero-order valence-electron chi connectivity index (χ0n) is 16.6. The van der Waals surface area contributed by atoms with Crippen molar-refractivity contribution < 1.29 is 17.6 Å². The van der Waals surface area contributed by atoms with Crippen LogP contribution < -0.4 is 5.32 Å². The first-order valence-corrected chi connectivity index (χ1v) is 11.1. The van der Waals surface area contributed by atoms with Crippen molar-refractivity contribution in [1.82, 2.24) is 19.4 Å². The molecule has 0 aliphatic carbocycles. The van der Waals surface area contributed by atoms with Gasteiger partial charge in [0.2, 0.25) is 27.7 Å². The molecule has 11 heteroatoms. The highest BCUT2D eigenvalue weighted by Crippen LogP contribution is 2.31. The Kier molecular flexibility index (Phi) is 6.57. The van der Waals surface area contributed by atoms with Crippen molar-refractivity contribution in [3.8, 4) is 0 Å². The number of aryl methyl sites for hydroxylation is 1. The molecule has 1 atom stereocenters. The van der Waals surface area contributed by atoms with Crippen LogP contribution in [0.15, 0.2) is 27.5 Å². The highest BCUT2D eigenvalue weighted by Gasteiger charge is 2.30. The molecule has 1 aliphatic rings. The zero-order valence-corrected chi connectivity index (χ0v) is 18.1. The van der Waals surface area contributed by atoms with Gasteiger partial charge in [-0.15, -0.1) is 10.2 Å². The lowest BCUT2D eigenvalue weighted by Crippen LogP contribution is -2.28. The van der Waals surface area contributed by atoms with Crippen LogP contribution in [0.25, 0.3) is 0 Å². The first-order chi connectivity index (χ1) is 13.7. The third-order valence-corrected chi connectivity index (χ3v) is 6.95. The Morgan fingerprint density at radius 3 is 2.79 bits per heavy atom. The smallest absolute Gasteiger partial charge is 0.242 e. The summed E-state index contributed by atoms with van der Waals surface area (Å²) < 4.78 is 31.2. The lowest BCUT2D eigenvalue weighted by atomic mass is 10.2. The summed E-state index contributed by atoms with van der Waals surface area (Å²) in [7, 11) is -0.733. The predicted molar refractivity (Wildman–Crippen MR) is 108 cm³/mol. The summed E-state index contributed by atoms with van der Waals surface area (Å²) >= 11 is 6.14. The van der Waals surface area contributed by atoms with E-state index in [1.807, 2.05) is 0 Å². The van der Waals surface area contributed by atoms with Crippen molar-refractivity contribution in [3.63, 3.8) is 0 Å². The molecule has 1 saturated heterocycles. The molecule has 0 bridgehead atoms. The predicted octanol–water partition coefficient (Wildman–Crippen LogP) is 2.45. The van der Waals surface area contributed by atoms with Gasteiger partial charge >= 0.3 is 0 Å². The topological polar surface area (TPSA) is 109 Å². The number of aromatic nitrogens is 2. The van der Waals surface area contributed by atoms with Gasteiger partial charge in [-0.25, -0.2) is 12.7 Å². The quantitative estimate of drug-likeness (QED) is 0.702. The molecule has 0 spiro atoms. The van der Waals surface area contributed by atoms with Crippen LogP contribution in [0.5, 0.6) is 0 Å². The van der Waals surface area contributed by atoms with Gasteiger partial charge < -0.3 is 9.73 Å². The number of carbonyl (C=O) groups is 1. The van der Waals surface area contributed by atoms with E-state index in [2.05, 4.69) is 20.4 Å². The van der Waals surface area contributed by atoms with Crippen LogP contribution in [0.2, 0.25) is 5.02 Å². The van der Waals surface area contributed by atoms with Crippen molar-refractivity contribution in [1.29, 1.82) is 0 Å². The summed E-state index contributed by atoms with van der Waals surface area (Å²) in [4.78, 5) is 14.7. The highest BCUT2D eigenvalue weighted by atomic mass is 35.5. The number of amides is 1. The van der Waals surface area contributed by atoms with Gasteiger partial charge in [-0.05, 0) is 37.6 Å². The summed E-state index contributed by atoms with van der Waals surface area (Å²) in [6.07, 6.45) is 2.12. The molecule has 1 fully saturated rings. The Balaban J connectivity index is 1.64. The van der Waals surface area contributed by atoms with Crippen molar-refractivity contribution in [2.45, 2.75) is 37.1 Å². The van der Waals surface area contributed by atoms with Gasteiger partial charge in [0.05, 0.1) is 21.6 Å². The van der Waals surface area contributed by atoms with E-state index in [0.717, 1.165) is 23.7 Å². The maximum Gasteiger partial charge on any atom is 0.242 e. The minimum atomic E-state index is -3.62. The molecule has 1 aromatic heterocycles. The SMILES string of the molecule is Cc1nnc(C2CCCN2CCC(=O)Nc2cc(S(=O)(=O)N(C)C)ccc2Cl)o1. The molecule has 9 nitrogen and oxygen atoms in total. The number of rotatable bonds is 7. The molecule has 3 rings (SSSR count). The fraction of sp³-hybridized carbons (Fsp3) is 0.500. The van der Waals surface area contributed by atoms with Crippen molar-refractivity contribution in [2.24, 2.45) is 0 Å². The van der Waals surface area contributed by atoms with Crippen LogP contribution in [0.1, 0.15) is 37.1 Å². The number of nitrogens with one attached hydrogen (secondary N) is 1. The molecule has 0 radical (unpaired) electrons. The maximum absolute atomic E-state index is 12.5. The van der Waals surface area contributed by atoms with Crippen LogP contribution in [0, 0.1) is 6.92 Å². The summed E-state index contributed by atoms with van der Waals surface area (Å²) in [6, 6.07) is 4.26. The maximum atomic E-state index is 12.5. The number of hydrogen-bond donors (Lipinski definition) is 1. The van der Waals surface area contributed by atoms with Crippen molar-refractivity contribution in [2.75, 3.05) is 32.5 Å². The lowest BCUT2D eigenvalue weighted by molar-refractivity contribution is -0.116. The number of halogens is 1. The Bertz CT molecular complexity index is 992. The monoisotopic (exact) mass is 441 g/mol. The van der Waals surface area contributed by atoms with Gasteiger partial charge in [-0.1, -0.05) is 11.6 Å². The van der Waals surface area contributed by atoms with Crippen LogP contribution in [0.4, 0.5) is 5.69 Å². The van der Waals surface area contributed by atoms with Crippen LogP contribution in [-0.2, 0) is 14.8 Å². The van der Waals surface area contributed by atoms with Gasteiger partial charge in [0.1, 0.15) is 0 Å². The average molecular weight is 442 g/mol. The number of sulfonamides is 1. The van der Waals surface area contributed by atoms with E-state index in [1.165, 1.54) is 32.3 Å². The van der Waals surface area contributed by atoms with Gasteiger partial charge in [0.25, 0.3) is 0 Å². The number of hydrogen-bond acceptors (Lipinski definition) is 7. The molecule has 1 aliphatic heterocycles. The summed E-state index contributed by atoms with van der Waals surface area (Å²) in [5.41, 5.74) is 0.269. The van der Waals surface area contributed by atoms with E-state index >= 15 is 0 Å². The van der Waals surface area contributed by atoms with Gasteiger partial charge in [0.15, 0.2) is 0 Å². The van der Waals surface area contributed by atoms with Gasteiger partial charge in [-0.3, -0.25) is 9.69 Å². The second-order valence-electron chi connectivity index (χ2n) is 7.08. The minimum absolute atomic E-state index is 0.0150. The number of nitrogens with zero attached hydrogens (tertiary/aromatic N) is 4. The molecule has 2 aromatic rings. The van der Waals surface area contributed by atoms with Crippen LogP contribution in [-0.4, -0.2) is 60.9 Å². The molecule has 1 aromatic carbocycles. The number of anilines is 1. The third kappa shape index (κ3) is 4.95. The molecule has 158 valence electrons. The molecular formula is C18H24ClN5O4S. The van der Waals surface area contributed by atoms with E-state index in [-0.39, 0.29) is 34.0 Å². The number of benzene rings is 1. The summed E-state index contributed by atoms with van der Waals surface area (Å²) in [5, 5.41) is 11.0. The standard InChI is InChI=1S/C18H24ClN5O4S/c1-12-21-22-18(28-12)16-5-4-9-24(16)10-8-17(25)20-15-11-13(6-7-14(15)19)29(26,27)23(2)3/h6-7,11,16H,4-5,8-10H2,1-3H3,(H,20,25). The zero-order chi connectivity index (χ0) is 21.2. The van der Waals surface area contributed by atoms with E-state index < -0.39 is 10.0 Å². The molecular weight excluding hydrogens is 418 g/mol. The van der Waals surface area contributed by atoms with E-state index in [0.29, 0.717) is 18.3 Å². The second kappa shape index (κ2) is 8.78. The third-order valence-electron chi connectivity index (χ3n) is 4.81. The minimum Gasteiger partial charge on any atom is -0.424 e. The Labute approximate surface area is 175 Å². The first kappa shape index (κ1) is 21.7. The molecule has 29 heavy (non-hydrogen) atoms. The normalized spacial score (nSPS) is 17.8. The molecule has 1 amide bonds. The number of carbonyl (C=O) groups excluding carboxylic acids is 1. The van der Waals surface area contributed by atoms with Crippen molar-refractivity contribution in [3.05, 3.63) is 35.0 Å². The Hall–Kier alpha value is -2.01. The van der Waals surface area contributed by atoms with Gasteiger partial charge in [-0.2, -0.15) is 0 Å². The van der Waals surface area contributed by atoms with Crippen molar-refractivity contribution >= 4 is 33.2 Å². The Morgan fingerprint density at radius 2 is 2.14 bits per heavy atom. The highest BCUT2D eigenvalue weighted by molar-refractivity contribution is 7.89. The first-order valence-electron chi connectivity index (χ1n) is 9.24. The summed E-state index contributed by atoms with van der Waals surface area (Å²) in [5.74, 6) is 0.843. The Morgan fingerprint density at radius 1 is 1.38 bits per heavy atom. The van der Waals surface area contributed by atoms with Crippen LogP contribution in [0.3, 0.4) is 0 Å². The average Bonchev–Trinajstić information content (AvgIpc) is 3.30. The molecule has 1 N–H and O–H groups in total. The van der Waals surface area contributed by atoms with E-state index in [4.69, 9.17) is 16.0 Å². The van der Waals surface area contributed by atoms with Crippen LogP contribution >= 0.6 is 11.6 Å². The van der Waals surface area contributed by atoms with Gasteiger partial charge in [0, 0.05) is 34.0 Å². The summed E-state index contributed by atoms with van der Waals surface area (Å²) in [6.45, 7) is 3.11. The van der Waals surface area contributed by atoms with E-state index in [1.54, 1.807) is 6.92 Å². The second-order valence-corrected chi connectivity index (χ2v) is 9.64. The largest absolute Gasteiger partial charge is 0.424 e. The fourth-order valence-electron chi connectivity index (χ4n) is 3.25. The molecule has 2 heterocycles. The lowest BCUT2D eigenvalue weighted by Gasteiger charge is -2.21.